The molecule has 0 aliphatic heterocycles. The number of hydrogen-bond donors (Lipinski definition) is 1. The molecule has 6 nitrogen and oxygen atoms in total. The SMILES string of the molecule is CCCCc1nc(CNC(CC)(C(=O)OC)c2ccccc2)no1. The van der Waals surface area contributed by atoms with Gasteiger partial charge in [-0.2, -0.15) is 4.98 Å². The summed E-state index contributed by atoms with van der Waals surface area (Å²) in [5.74, 6) is 0.846. The quantitative estimate of drug-likeness (QED) is 0.712. The Hall–Kier alpha value is -2.21. The molecule has 0 aliphatic carbocycles. The lowest BCUT2D eigenvalue weighted by molar-refractivity contribution is -0.149. The van der Waals surface area contributed by atoms with Crippen molar-refractivity contribution in [3.63, 3.8) is 0 Å². The topological polar surface area (TPSA) is 77.2 Å². The van der Waals surface area contributed by atoms with Crippen LogP contribution in [0.5, 0.6) is 0 Å². The average molecular weight is 331 g/mol. The van der Waals surface area contributed by atoms with Crippen LogP contribution in [0.25, 0.3) is 0 Å². The minimum absolute atomic E-state index is 0.327. The molecule has 0 amide bonds. The van der Waals surface area contributed by atoms with E-state index in [1.807, 2.05) is 37.3 Å². The Labute approximate surface area is 142 Å². The number of nitrogens with one attached hydrogen (secondary N) is 1. The summed E-state index contributed by atoms with van der Waals surface area (Å²) in [6.45, 7) is 4.39. The van der Waals surface area contributed by atoms with Gasteiger partial charge in [0.15, 0.2) is 5.82 Å². The van der Waals surface area contributed by atoms with E-state index in [9.17, 15) is 4.79 Å². The van der Waals surface area contributed by atoms with Gasteiger partial charge in [-0.15, -0.1) is 0 Å². The third kappa shape index (κ3) is 4.00. The highest BCUT2D eigenvalue weighted by molar-refractivity contribution is 5.82. The van der Waals surface area contributed by atoms with E-state index >= 15 is 0 Å². The summed E-state index contributed by atoms with van der Waals surface area (Å²) >= 11 is 0. The summed E-state index contributed by atoms with van der Waals surface area (Å²) in [6, 6.07) is 9.55. The van der Waals surface area contributed by atoms with Crippen molar-refractivity contribution in [2.75, 3.05) is 7.11 Å². The van der Waals surface area contributed by atoms with Gasteiger partial charge in [-0.05, 0) is 18.4 Å². The summed E-state index contributed by atoms with van der Waals surface area (Å²) in [5.41, 5.74) is -0.0747. The van der Waals surface area contributed by atoms with E-state index in [2.05, 4.69) is 22.4 Å². The lowest BCUT2D eigenvalue weighted by Crippen LogP contribution is -2.49. The van der Waals surface area contributed by atoms with Gasteiger partial charge in [0, 0.05) is 6.42 Å². The minimum atomic E-state index is -0.930. The van der Waals surface area contributed by atoms with Crippen LogP contribution in [0.15, 0.2) is 34.9 Å². The molecule has 1 aromatic heterocycles. The van der Waals surface area contributed by atoms with Crippen LogP contribution >= 0.6 is 0 Å². The van der Waals surface area contributed by atoms with Gasteiger partial charge in [-0.1, -0.05) is 55.8 Å². The number of rotatable bonds is 9. The van der Waals surface area contributed by atoms with Crippen LogP contribution in [0, 0.1) is 0 Å². The van der Waals surface area contributed by atoms with Crippen LogP contribution in [0.1, 0.15) is 50.4 Å². The van der Waals surface area contributed by atoms with E-state index in [1.165, 1.54) is 7.11 Å². The molecule has 130 valence electrons. The molecule has 0 bridgehead atoms. The molecule has 1 unspecified atom stereocenters. The lowest BCUT2D eigenvalue weighted by Gasteiger charge is -2.31. The number of nitrogens with zero attached hydrogens (tertiary/aromatic N) is 2. The number of methoxy groups -OCH3 is 1. The fraction of sp³-hybridized carbons (Fsp3) is 0.500. The van der Waals surface area contributed by atoms with E-state index in [0.717, 1.165) is 24.8 Å². The number of benzene rings is 1. The average Bonchev–Trinajstić information content (AvgIpc) is 3.09. The fourth-order valence-electron chi connectivity index (χ4n) is 2.68. The predicted octanol–water partition coefficient (Wildman–Crippen LogP) is 2.98. The van der Waals surface area contributed by atoms with Crippen molar-refractivity contribution in [3.8, 4) is 0 Å². The van der Waals surface area contributed by atoms with E-state index in [1.54, 1.807) is 0 Å². The number of aryl methyl sites for hydroxylation is 1. The monoisotopic (exact) mass is 331 g/mol. The highest BCUT2D eigenvalue weighted by Gasteiger charge is 2.39. The van der Waals surface area contributed by atoms with Crippen molar-refractivity contribution in [2.24, 2.45) is 0 Å². The van der Waals surface area contributed by atoms with Crippen molar-refractivity contribution in [1.29, 1.82) is 0 Å². The summed E-state index contributed by atoms with van der Waals surface area (Å²) in [4.78, 5) is 16.9. The molecule has 0 saturated heterocycles. The first-order chi connectivity index (χ1) is 11.7. The molecule has 2 rings (SSSR count). The van der Waals surface area contributed by atoms with Crippen molar-refractivity contribution in [1.82, 2.24) is 15.5 Å². The molecule has 0 aliphatic rings. The molecule has 24 heavy (non-hydrogen) atoms. The maximum absolute atomic E-state index is 12.5. The third-order valence-electron chi connectivity index (χ3n) is 4.13. The van der Waals surface area contributed by atoms with Crippen molar-refractivity contribution >= 4 is 5.97 Å². The molecule has 1 aromatic carbocycles. The molecule has 0 saturated carbocycles. The van der Waals surface area contributed by atoms with Crippen molar-refractivity contribution < 1.29 is 14.1 Å². The smallest absolute Gasteiger partial charge is 0.330 e. The predicted molar refractivity (Wildman–Crippen MR) is 90.2 cm³/mol. The van der Waals surface area contributed by atoms with E-state index < -0.39 is 5.54 Å². The Morgan fingerprint density at radius 3 is 2.67 bits per heavy atom. The molecule has 6 heteroatoms. The van der Waals surface area contributed by atoms with Gasteiger partial charge >= 0.3 is 5.97 Å². The Kier molecular flexibility index (Phi) is 6.49. The first kappa shape index (κ1) is 18.1. The molecule has 0 radical (unpaired) electrons. The summed E-state index contributed by atoms with van der Waals surface area (Å²) in [6.07, 6.45) is 3.41. The largest absolute Gasteiger partial charge is 0.467 e. The van der Waals surface area contributed by atoms with Crippen LogP contribution < -0.4 is 5.32 Å². The molecule has 1 heterocycles. The Morgan fingerprint density at radius 2 is 2.04 bits per heavy atom. The molecule has 0 fully saturated rings. The second-order valence-corrected chi connectivity index (χ2v) is 5.68. The molecular formula is C18H25N3O3. The summed E-state index contributed by atoms with van der Waals surface area (Å²) in [7, 11) is 1.40. The van der Waals surface area contributed by atoms with Gasteiger partial charge in [0.25, 0.3) is 0 Å². The van der Waals surface area contributed by atoms with E-state index in [-0.39, 0.29) is 5.97 Å². The number of esters is 1. The number of carbonyl (C=O) groups excluding carboxylic acids is 1. The molecule has 1 atom stereocenters. The van der Waals surface area contributed by atoms with Crippen molar-refractivity contribution in [2.45, 2.75) is 51.6 Å². The van der Waals surface area contributed by atoms with Crippen LogP contribution in [0.4, 0.5) is 0 Å². The molecular weight excluding hydrogens is 306 g/mol. The minimum Gasteiger partial charge on any atom is -0.467 e. The Bertz CT molecular complexity index is 642. The van der Waals surface area contributed by atoms with Crippen LogP contribution in [-0.2, 0) is 28.0 Å². The number of hydrogen-bond acceptors (Lipinski definition) is 6. The third-order valence-corrected chi connectivity index (χ3v) is 4.13. The standard InChI is InChI=1S/C18H25N3O3/c1-4-6-12-16-20-15(21-24-16)13-19-18(5-2,17(22)23-3)14-10-8-7-9-11-14/h7-11,19H,4-6,12-13H2,1-3H3. The molecule has 1 N–H and O–H groups in total. The summed E-state index contributed by atoms with van der Waals surface area (Å²) < 4.78 is 10.3. The van der Waals surface area contributed by atoms with Crippen LogP contribution in [0.2, 0.25) is 0 Å². The van der Waals surface area contributed by atoms with Crippen LogP contribution in [-0.4, -0.2) is 23.2 Å². The molecule has 0 spiro atoms. The lowest BCUT2D eigenvalue weighted by atomic mass is 9.87. The highest BCUT2D eigenvalue weighted by Crippen LogP contribution is 2.27. The van der Waals surface area contributed by atoms with Gasteiger partial charge < -0.3 is 9.26 Å². The maximum atomic E-state index is 12.5. The van der Waals surface area contributed by atoms with E-state index in [4.69, 9.17) is 9.26 Å². The van der Waals surface area contributed by atoms with Crippen molar-refractivity contribution in [3.05, 3.63) is 47.6 Å². The van der Waals surface area contributed by atoms with E-state index in [0.29, 0.717) is 24.7 Å². The first-order valence-corrected chi connectivity index (χ1v) is 8.36. The number of aromatic nitrogens is 2. The Balaban J connectivity index is 2.17. The zero-order valence-corrected chi connectivity index (χ0v) is 14.5. The van der Waals surface area contributed by atoms with Gasteiger partial charge in [0.1, 0.15) is 5.54 Å². The van der Waals surface area contributed by atoms with Gasteiger partial charge in [0.2, 0.25) is 5.89 Å². The number of carbonyl (C=O) groups is 1. The number of ether oxygens (including phenoxy) is 1. The summed E-state index contributed by atoms with van der Waals surface area (Å²) in [5, 5.41) is 7.26. The number of unbranched alkanes of at least 4 members (excludes halogenated alkanes) is 1. The zero-order valence-electron chi connectivity index (χ0n) is 14.5. The van der Waals surface area contributed by atoms with Gasteiger partial charge in [-0.25, -0.2) is 4.79 Å². The van der Waals surface area contributed by atoms with Crippen LogP contribution in [0.3, 0.4) is 0 Å². The van der Waals surface area contributed by atoms with Gasteiger partial charge in [-0.3, -0.25) is 5.32 Å². The molecule has 2 aromatic rings. The van der Waals surface area contributed by atoms with Gasteiger partial charge in [0.05, 0.1) is 13.7 Å². The second-order valence-electron chi connectivity index (χ2n) is 5.68. The first-order valence-electron chi connectivity index (χ1n) is 8.36. The zero-order chi connectivity index (χ0) is 17.4. The fourth-order valence-corrected chi connectivity index (χ4v) is 2.68. The second kappa shape index (κ2) is 8.59. The Morgan fingerprint density at radius 1 is 1.29 bits per heavy atom. The normalized spacial score (nSPS) is 13.5. The highest BCUT2D eigenvalue weighted by atomic mass is 16.5. The maximum Gasteiger partial charge on any atom is 0.330 e.